The van der Waals surface area contributed by atoms with Gasteiger partial charge < -0.3 is 0 Å². The maximum Gasteiger partial charge on any atom is 0.416 e. The Bertz CT molecular complexity index is 92.7. The van der Waals surface area contributed by atoms with E-state index in [4.69, 9.17) is 0 Å². The summed E-state index contributed by atoms with van der Waals surface area (Å²) in [6.07, 6.45) is -4.96. The summed E-state index contributed by atoms with van der Waals surface area (Å²) in [5.41, 5.74) is 0. The minimum atomic E-state index is -4.62. The molecule has 1 unspecified atom stereocenters. The van der Waals surface area contributed by atoms with Crippen molar-refractivity contribution < 1.29 is 26.3 Å². The Morgan fingerprint density at radius 1 is 1.07 bits per heavy atom. The maximum atomic E-state index is 11.1. The second-order valence-electron chi connectivity index (χ2n) is 2.45. The first-order chi connectivity index (χ1) is 6.24. The van der Waals surface area contributed by atoms with Gasteiger partial charge in [0, 0.05) is 0 Å². The van der Waals surface area contributed by atoms with Gasteiger partial charge >= 0.3 is 6.18 Å². The molecule has 0 radical (unpaired) electrons. The van der Waals surface area contributed by atoms with Crippen molar-refractivity contribution in [3.63, 3.8) is 0 Å². The van der Waals surface area contributed by atoms with Crippen molar-refractivity contribution in [2.45, 2.75) is 20.0 Å². The fraction of sp³-hybridized carbons (Fsp3) is 1.00. The average molecular weight is 244 g/mol. The molecule has 0 nitrogen and oxygen atoms in total. The van der Waals surface area contributed by atoms with Gasteiger partial charge in [-0.1, -0.05) is 13.8 Å². The molecular weight excluding hydrogens is 229 g/mol. The molecule has 0 fully saturated rings. The minimum Gasteiger partial charge on any atom is -0.251 e. The van der Waals surface area contributed by atoms with Crippen LogP contribution in [0.1, 0.15) is 13.8 Å². The van der Waals surface area contributed by atoms with E-state index in [-0.39, 0.29) is 19.0 Å². The van der Waals surface area contributed by atoms with E-state index in [1.165, 1.54) is 0 Å². The van der Waals surface area contributed by atoms with Crippen molar-refractivity contribution in [1.29, 1.82) is 0 Å². The Hall–Kier alpha value is 0.01000. The molecule has 0 saturated heterocycles. The third-order valence-electron chi connectivity index (χ3n) is 0.460. The Balaban J connectivity index is -0.000000138. The van der Waals surface area contributed by atoms with Gasteiger partial charge in [0.05, 0.1) is 6.67 Å². The monoisotopic (exact) mass is 244 g/mol. The molecule has 7 heteroatoms. The highest BCUT2D eigenvalue weighted by Crippen LogP contribution is 2.13. The standard InChI is InChI=1S/C4H9F.C2H2F4.CH4FP/c1-4(2)3-5;3-1-2(4,5)6;2-1-3/h4H,3H2,1-2H3;1H2;1,3H2. The summed E-state index contributed by atoms with van der Waals surface area (Å²) >= 11 is 0. The van der Waals surface area contributed by atoms with Crippen LogP contribution in [-0.4, -0.2) is 25.9 Å². The van der Waals surface area contributed by atoms with Crippen LogP contribution in [0, 0.1) is 5.92 Å². The molecule has 0 bridgehead atoms. The lowest BCUT2D eigenvalue weighted by Gasteiger charge is -1.93. The van der Waals surface area contributed by atoms with Gasteiger partial charge in [-0.05, 0) is 5.92 Å². The van der Waals surface area contributed by atoms with Gasteiger partial charge in [-0.15, -0.1) is 9.24 Å². The third-order valence-corrected chi connectivity index (χ3v) is 0.460. The van der Waals surface area contributed by atoms with Gasteiger partial charge in [0.15, 0.2) is 6.67 Å². The second-order valence-corrected chi connectivity index (χ2v) is 2.76. The third kappa shape index (κ3) is 58.0. The molecular formula is C7H15F6P. The SMILES string of the molecule is CC(C)CF.FCC(F)(F)F.FCP. The van der Waals surface area contributed by atoms with Crippen LogP contribution < -0.4 is 0 Å². The van der Waals surface area contributed by atoms with E-state index in [2.05, 4.69) is 0 Å². The number of alkyl halides is 6. The van der Waals surface area contributed by atoms with Crippen LogP contribution in [0.2, 0.25) is 0 Å². The molecule has 0 saturated carbocycles. The summed E-state index contributed by atoms with van der Waals surface area (Å²) in [4.78, 5) is 0. The van der Waals surface area contributed by atoms with Crippen molar-refractivity contribution in [3.05, 3.63) is 0 Å². The second kappa shape index (κ2) is 13.0. The number of hydrogen-bond donors (Lipinski definition) is 0. The first-order valence-electron chi connectivity index (χ1n) is 3.69. The van der Waals surface area contributed by atoms with Crippen LogP contribution in [0.5, 0.6) is 0 Å². The van der Waals surface area contributed by atoms with E-state index in [9.17, 15) is 26.3 Å². The normalized spacial score (nSPS) is 9.86. The highest BCUT2D eigenvalue weighted by atomic mass is 31.0. The molecule has 0 aliphatic carbocycles. The summed E-state index contributed by atoms with van der Waals surface area (Å²) in [7, 11) is 1.91. The lowest BCUT2D eigenvalue weighted by Crippen LogP contribution is -2.08. The zero-order valence-corrected chi connectivity index (χ0v) is 9.20. The lowest BCUT2D eigenvalue weighted by atomic mass is 10.3. The zero-order chi connectivity index (χ0) is 12.2. The molecule has 0 aliphatic heterocycles. The molecule has 0 aromatic heterocycles. The van der Waals surface area contributed by atoms with Crippen molar-refractivity contribution >= 4 is 9.24 Å². The minimum absolute atomic E-state index is 0.194. The van der Waals surface area contributed by atoms with Crippen LogP contribution in [0.25, 0.3) is 0 Å². The van der Waals surface area contributed by atoms with Gasteiger partial charge in [0.2, 0.25) is 0 Å². The van der Waals surface area contributed by atoms with E-state index in [0.29, 0.717) is 0 Å². The average Bonchev–Trinajstić information content (AvgIpc) is 2.06. The molecule has 0 aliphatic rings. The summed E-state index contributed by atoms with van der Waals surface area (Å²) < 4.78 is 63.0. The first kappa shape index (κ1) is 19.6. The quantitative estimate of drug-likeness (QED) is 0.484. The Kier molecular flexibility index (Phi) is 18.2. The Morgan fingerprint density at radius 3 is 1.21 bits per heavy atom. The number of halogens is 6. The number of hydrogen-bond acceptors (Lipinski definition) is 0. The molecule has 90 valence electrons. The van der Waals surface area contributed by atoms with Gasteiger partial charge in [0.1, 0.15) is 6.42 Å². The van der Waals surface area contributed by atoms with Crippen LogP contribution in [-0.2, 0) is 0 Å². The van der Waals surface area contributed by atoms with Crippen molar-refractivity contribution in [3.8, 4) is 0 Å². The van der Waals surface area contributed by atoms with E-state index >= 15 is 0 Å². The zero-order valence-electron chi connectivity index (χ0n) is 8.04. The number of rotatable bonds is 1. The van der Waals surface area contributed by atoms with E-state index in [1.807, 2.05) is 23.1 Å². The van der Waals surface area contributed by atoms with E-state index in [0.717, 1.165) is 0 Å². The van der Waals surface area contributed by atoms with E-state index in [1.54, 1.807) is 0 Å². The smallest absolute Gasteiger partial charge is 0.251 e. The summed E-state index contributed by atoms with van der Waals surface area (Å²) in [5, 5.41) is 0. The molecule has 0 spiro atoms. The fourth-order valence-electron chi connectivity index (χ4n) is 0. The van der Waals surface area contributed by atoms with Crippen molar-refractivity contribution in [1.82, 2.24) is 0 Å². The summed E-state index contributed by atoms with van der Waals surface area (Å²) in [5.74, 6) is 0.218. The van der Waals surface area contributed by atoms with Crippen LogP contribution in [0.3, 0.4) is 0 Å². The van der Waals surface area contributed by atoms with Crippen LogP contribution in [0.4, 0.5) is 26.3 Å². The fourth-order valence-corrected chi connectivity index (χ4v) is 0. The Morgan fingerprint density at radius 2 is 1.21 bits per heavy atom. The molecule has 0 N–H and O–H groups in total. The molecule has 0 aromatic rings. The Labute approximate surface area is 82.3 Å². The molecule has 1 atom stereocenters. The highest BCUT2D eigenvalue weighted by Gasteiger charge is 2.26. The summed E-state index contributed by atoms with van der Waals surface area (Å²) in [6.45, 7) is 1.27. The lowest BCUT2D eigenvalue weighted by molar-refractivity contribution is -0.142. The molecule has 0 aromatic carbocycles. The van der Waals surface area contributed by atoms with Gasteiger partial charge in [-0.3, -0.25) is 4.39 Å². The molecule has 0 amide bonds. The maximum absolute atomic E-state index is 11.1. The van der Waals surface area contributed by atoms with E-state index < -0.39 is 12.9 Å². The molecule has 14 heavy (non-hydrogen) atoms. The van der Waals surface area contributed by atoms with Crippen molar-refractivity contribution in [2.75, 3.05) is 19.8 Å². The highest BCUT2D eigenvalue weighted by molar-refractivity contribution is 7.16. The van der Waals surface area contributed by atoms with Gasteiger partial charge in [0.25, 0.3) is 0 Å². The predicted molar refractivity (Wildman–Crippen MR) is 48.5 cm³/mol. The first-order valence-corrected chi connectivity index (χ1v) is 4.51. The predicted octanol–water partition coefficient (Wildman–Crippen LogP) is 3.92. The summed E-state index contributed by atoms with van der Waals surface area (Å²) in [6, 6.07) is 0. The van der Waals surface area contributed by atoms with Crippen molar-refractivity contribution in [2.24, 2.45) is 5.92 Å². The topological polar surface area (TPSA) is 0 Å². The molecule has 0 rings (SSSR count). The van der Waals surface area contributed by atoms with Gasteiger partial charge in [-0.25, -0.2) is 8.78 Å². The largest absolute Gasteiger partial charge is 0.416 e. The van der Waals surface area contributed by atoms with Crippen LogP contribution >= 0.6 is 9.24 Å². The van der Waals surface area contributed by atoms with Gasteiger partial charge in [-0.2, -0.15) is 13.2 Å². The molecule has 0 heterocycles. The van der Waals surface area contributed by atoms with Crippen LogP contribution in [0.15, 0.2) is 0 Å².